The van der Waals surface area contributed by atoms with Crippen LogP contribution in [0.4, 0.5) is 0 Å². The second kappa shape index (κ2) is 8.39. The van der Waals surface area contributed by atoms with Crippen molar-refractivity contribution in [3.8, 4) is 5.75 Å². The van der Waals surface area contributed by atoms with Crippen LogP contribution in [0.25, 0.3) is 0 Å². The zero-order valence-corrected chi connectivity index (χ0v) is 16.0. The van der Waals surface area contributed by atoms with Gasteiger partial charge in [0.05, 0.1) is 6.04 Å². The summed E-state index contributed by atoms with van der Waals surface area (Å²) in [7, 11) is 0. The van der Waals surface area contributed by atoms with E-state index in [4.69, 9.17) is 4.74 Å². The molecule has 0 heterocycles. The third-order valence-corrected chi connectivity index (χ3v) is 5.31. The minimum Gasteiger partial charge on any atom is -0.481 e. The monoisotopic (exact) mass is 351 g/mol. The lowest BCUT2D eigenvalue weighted by Gasteiger charge is -2.24. The number of rotatable bonds is 6. The molecule has 0 fully saturated rings. The number of fused-ring (bicyclic) bond motifs is 1. The first-order chi connectivity index (χ1) is 12.6. The van der Waals surface area contributed by atoms with Crippen LogP contribution < -0.4 is 10.1 Å². The summed E-state index contributed by atoms with van der Waals surface area (Å²) in [5.41, 5.74) is 5.02. The van der Waals surface area contributed by atoms with Gasteiger partial charge in [0.1, 0.15) is 5.75 Å². The molecule has 2 aromatic carbocycles. The maximum Gasteiger partial charge on any atom is 0.261 e. The number of aryl methyl sites for hydroxylation is 2. The van der Waals surface area contributed by atoms with E-state index in [1.165, 1.54) is 35.1 Å². The van der Waals surface area contributed by atoms with Crippen molar-refractivity contribution < 1.29 is 9.53 Å². The molecule has 3 rings (SSSR count). The predicted octanol–water partition coefficient (Wildman–Crippen LogP) is 4.91. The molecule has 0 bridgehead atoms. The van der Waals surface area contributed by atoms with Gasteiger partial charge in [-0.25, -0.2) is 0 Å². The largest absolute Gasteiger partial charge is 0.481 e. The second-order valence-corrected chi connectivity index (χ2v) is 7.19. The summed E-state index contributed by atoms with van der Waals surface area (Å²) >= 11 is 0. The van der Waals surface area contributed by atoms with Gasteiger partial charge in [0, 0.05) is 0 Å². The van der Waals surface area contributed by atoms with Gasteiger partial charge in [0.15, 0.2) is 6.10 Å². The van der Waals surface area contributed by atoms with Crippen LogP contribution in [0, 0.1) is 6.92 Å². The van der Waals surface area contributed by atoms with Crippen LogP contribution >= 0.6 is 0 Å². The SMILES string of the molecule is CC[C@H](NC(=O)[C@H](C)Oc1cccc2c1CCCC2)c1ccccc1C. The Morgan fingerprint density at radius 2 is 1.88 bits per heavy atom. The first-order valence-electron chi connectivity index (χ1n) is 9.73. The van der Waals surface area contributed by atoms with E-state index in [2.05, 4.69) is 37.4 Å². The van der Waals surface area contributed by atoms with Crippen LogP contribution in [0.1, 0.15) is 61.4 Å². The number of amides is 1. The van der Waals surface area contributed by atoms with Crippen molar-refractivity contribution in [2.24, 2.45) is 0 Å². The molecule has 0 saturated carbocycles. The molecule has 26 heavy (non-hydrogen) atoms. The van der Waals surface area contributed by atoms with E-state index >= 15 is 0 Å². The smallest absolute Gasteiger partial charge is 0.261 e. The summed E-state index contributed by atoms with van der Waals surface area (Å²) in [5, 5.41) is 3.16. The van der Waals surface area contributed by atoms with Crippen molar-refractivity contribution in [2.45, 2.75) is 65.0 Å². The Bertz CT molecular complexity index is 769. The van der Waals surface area contributed by atoms with Gasteiger partial charge in [-0.2, -0.15) is 0 Å². The zero-order valence-electron chi connectivity index (χ0n) is 16.0. The van der Waals surface area contributed by atoms with Gasteiger partial charge in [-0.15, -0.1) is 0 Å². The molecular weight excluding hydrogens is 322 g/mol. The highest BCUT2D eigenvalue weighted by molar-refractivity contribution is 5.81. The van der Waals surface area contributed by atoms with Crippen molar-refractivity contribution in [1.29, 1.82) is 0 Å². The molecule has 0 unspecified atom stereocenters. The molecule has 1 N–H and O–H groups in total. The molecule has 1 amide bonds. The Kier molecular flexibility index (Phi) is 5.97. The lowest BCUT2D eigenvalue weighted by Crippen LogP contribution is -2.38. The molecular formula is C23H29NO2. The Labute approximate surface area is 156 Å². The number of carbonyl (C=O) groups is 1. The molecule has 0 radical (unpaired) electrons. The second-order valence-electron chi connectivity index (χ2n) is 7.19. The van der Waals surface area contributed by atoms with Crippen LogP contribution in [0.3, 0.4) is 0 Å². The van der Waals surface area contributed by atoms with Gasteiger partial charge < -0.3 is 10.1 Å². The fourth-order valence-electron chi connectivity index (χ4n) is 3.77. The lowest BCUT2D eigenvalue weighted by molar-refractivity contribution is -0.128. The molecule has 3 nitrogen and oxygen atoms in total. The van der Waals surface area contributed by atoms with Crippen molar-refractivity contribution in [1.82, 2.24) is 5.32 Å². The van der Waals surface area contributed by atoms with Gasteiger partial charge in [-0.1, -0.05) is 43.3 Å². The fraction of sp³-hybridized carbons (Fsp3) is 0.435. The number of nitrogens with one attached hydrogen (secondary N) is 1. The van der Waals surface area contributed by atoms with Gasteiger partial charge in [-0.05, 0) is 74.3 Å². The van der Waals surface area contributed by atoms with E-state index in [0.717, 1.165) is 25.0 Å². The van der Waals surface area contributed by atoms with Crippen molar-refractivity contribution in [2.75, 3.05) is 0 Å². The topological polar surface area (TPSA) is 38.3 Å². The zero-order chi connectivity index (χ0) is 18.5. The number of carbonyl (C=O) groups excluding carboxylic acids is 1. The lowest BCUT2D eigenvalue weighted by atomic mass is 9.91. The molecule has 2 atom stereocenters. The molecule has 1 aliphatic carbocycles. The summed E-state index contributed by atoms with van der Waals surface area (Å²) in [6.07, 6.45) is 4.92. The fourth-order valence-corrected chi connectivity index (χ4v) is 3.77. The average molecular weight is 351 g/mol. The van der Waals surface area contributed by atoms with Crippen LogP contribution in [0.5, 0.6) is 5.75 Å². The summed E-state index contributed by atoms with van der Waals surface area (Å²) in [5.74, 6) is 0.808. The van der Waals surface area contributed by atoms with E-state index in [-0.39, 0.29) is 11.9 Å². The normalized spacial score (nSPS) is 15.7. The van der Waals surface area contributed by atoms with Crippen LogP contribution in [-0.4, -0.2) is 12.0 Å². The molecule has 0 saturated heterocycles. The van der Waals surface area contributed by atoms with Crippen molar-refractivity contribution in [3.05, 3.63) is 64.7 Å². The Morgan fingerprint density at radius 3 is 2.65 bits per heavy atom. The standard InChI is InChI=1S/C23H29NO2/c1-4-21(19-13-7-5-10-16(19)2)24-23(25)17(3)26-22-15-9-12-18-11-6-8-14-20(18)22/h5,7,9-10,12-13,15,17,21H,4,6,8,11,14H2,1-3H3,(H,24,25)/t17-,21-/m0/s1. The third-order valence-electron chi connectivity index (χ3n) is 5.31. The van der Waals surface area contributed by atoms with Crippen LogP contribution in [0.2, 0.25) is 0 Å². The molecule has 2 aromatic rings. The number of ether oxygens (including phenoxy) is 1. The van der Waals surface area contributed by atoms with Crippen LogP contribution in [-0.2, 0) is 17.6 Å². The number of hydrogen-bond donors (Lipinski definition) is 1. The van der Waals surface area contributed by atoms with E-state index in [1.54, 1.807) is 0 Å². The van der Waals surface area contributed by atoms with E-state index < -0.39 is 6.10 Å². The number of hydrogen-bond acceptors (Lipinski definition) is 2. The Balaban J connectivity index is 1.69. The average Bonchev–Trinajstić information content (AvgIpc) is 2.67. The minimum atomic E-state index is -0.513. The van der Waals surface area contributed by atoms with Crippen molar-refractivity contribution in [3.63, 3.8) is 0 Å². The first kappa shape index (κ1) is 18.5. The highest BCUT2D eigenvalue weighted by Gasteiger charge is 2.22. The van der Waals surface area contributed by atoms with Crippen LogP contribution in [0.15, 0.2) is 42.5 Å². The molecule has 0 aliphatic heterocycles. The van der Waals surface area contributed by atoms with Gasteiger partial charge in [-0.3, -0.25) is 4.79 Å². The highest BCUT2D eigenvalue weighted by atomic mass is 16.5. The van der Waals surface area contributed by atoms with E-state index in [1.807, 2.05) is 31.2 Å². The third kappa shape index (κ3) is 4.09. The summed E-state index contributed by atoms with van der Waals surface area (Å²) in [6, 6.07) is 14.4. The maximum absolute atomic E-state index is 12.7. The van der Waals surface area contributed by atoms with Gasteiger partial charge in [0.25, 0.3) is 5.91 Å². The summed E-state index contributed by atoms with van der Waals surface area (Å²) in [6.45, 7) is 6.01. The predicted molar refractivity (Wildman–Crippen MR) is 106 cm³/mol. The summed E-state index contributed by atoms with van der Waals surface area (Å²) in [4.78, 5) is 12.7. The molecule has 138 valence electrons. The van der Waals surface area contributed by atoms with Gasteiger partial charge >= 0.3 is 0 Å². The quantitative estimate of drug-likeness (QED) is 0.803. The summed E-state index contributed by atoms with van der Waals surface area (Å²) < 4.78 is 6.07. The Hall–Kier alpha value is -2.29. The number of benzene rings is 2. The van der Waals surface area contributed by atoms with Gasteiger partial charge in [0.2, 0.25) is 0 Å². The molecule has 0 aromatic heterocycles. The first-order valence-corrected chi connectivity index (χ1v) is 9.73. The maximum atomic E-state index is 12.7. The van der Waals surface area contributed by atoms with E-state index in [0.29, 0.717) is 0 Å². The molecule has 3 heteroatoms. The van der Waals surface area contributed by atoms with E-state index in [9.17, 15) is 4.79 Å². The Morgan fingerprint density at radius 1 is 1.12 bits per heavy atom. The molecule has 0 spiro atoms. The molecule has 1 aliphatic rings. The van der Waals surface area contributed by atoms with Crippen molar-refractivity contribution >= 4 is 5.91 Å². The minimum absolute atomic E-state index is 0.0134. The highest BCUT2D eigenvalue weighted by Crippen LogP contribution is 2.30.